The first-order valence-electron chi connectivity index (χ1n) is 5.61. The molecular weight excluding hydrogens is 222 g/mol. The second kappa shape index (κ2) is 4.83. The second-order valence-corrected chi connectivity index (χ2v) is 5.32. The molecule has 1 aliphatic heterocycles. The van der Waals surface area contributed by atoms with Crippen LogP contribution in [0.1, 0.15) is 33.6 Å². The van der Waals surface area contributed by atoms with Crippen molar-refractivity contribution in [2.75, 3.05) is 6.54 Å². The molecule has 1 aliphatic rings. The summed E-state index contributed by atoms with van der Waals surface area (Å²) in [7, 11) is 0. The Labute approximate surface area is 100 Å². The van der Waals surface area contributed by atoms with Gasteiger partial charge in [0.2, 0.25) is 17.7 Å². The molecule has 3 N–H and O–H groups in total. The fourth-order valence-electron chi connectivity index (χ4n) is 1.88. The Bertz CT molecular complexity index is 346. The van der Waals surface area contributed by atoms with Gasteiger partial charge in [0.25, 0.3) is 0 Å². The molecule has 0 saturated carbocycles. The molecule has 0 bridgehead atoms. The van der Waals surface area contributed by atoms with Gasteiger partial charge in [0.1, 0.15) is 0 Å². The number of likely N-dealkylation sites (tertiary alicyclic amines) is 1. The third-order valence-corrected chi connectivity index (χ3v) is 3.01. The van der Waals surface area contributed by atoms with Crippen LogP contribution in [0.25, 0.3) is 0 Å². The van der Waals surface area contributed by atoms with E-state index in [9.17, 15) is 14.4 Å². The van der Waals surface area contributed by atoms with Gasteiger partial charge >= 0.3 is 0 Å². The zero-order chi connectivity index (χ0) is 13.2. The molecule has 1 heterocycles. The smallest absolute Gasteiger partial charge is 0.235 e. The zero-order valence-corrected chi connectivity index (χ0v) is 10.4. The van der Waals surface area contributed by atoms with Gasteiger partial charge in [0.15, 0.2) is 0 Å². The zero-order valence-electron chi connectivity index (χ0n) is 10.4. The summed E-state index contributed by atoms with van der Waals surface area (Å²) in [5, 5.41) is 0. The molecule has 0 aliphatic carbocycles. The van der Waals surface area contributed by atoms with Gasteiger partial charge in [-0.2, -0.15) is 0 Å². The number of hydrogen-bond donors (Lipinski definition) is 2. The van der Waals surface area contributed by atoms with Crippen LogP contribution in [0.3, 0.4) is 0 Å². The molecule has 1 rings (SSSR count). The van der Waals surface area contributed by atoms with Crippen molar-refractivity contribution in [1.82, 2.24) is 10.3 Å². The van der Waals surface area contributed by atoms with Gasteiger partial charge in [0, 0.05) is 19.4 Å². The molecule has 0 radical (unpaired) electrons. The molecule has 1 unspecified atom stereocenters. The summed E-state index contributed by atoms with van der Waals surface area (Å²) in [4.78, 5) is 35.8. The maximum absolute atomic E-state index is 12.0. The molecule has 0 aromatic heterocycles. The van der Waals surface area contributed by atoms with Crippen molar-refractivity contribution in [3.8, 4) is 0 Å². The first kappa shape index (κ1) is 13.6. The SMILES string of the molecule is CC(C)(C)C1CC(=O)N(CCC(=O)NN)C1=O. The van der Waals surface area contributed by atoms with Crippen LogP contribution in [0.2, 0.25) is 0 Å². The molecule has 96 valence electrons. The van der Waals surface area contributed by atoms with E-state index in [1.54, 1.807) is 0 Å². The summed E-state index contributed by atoms with van der Waals surface area (Å²) in [6.07, 6.45) is 0.275. The Hall–Kier alpha value is -1.43. The molecule has 1 fully saturated rings. The second-order valence-electron chi connectivity index (χ2n) is 5.32. The minimum atomic E-state index is -0.384. The number of hydrogen-bond acceptors (Lipinski definition) is 4. The van der Waals surface area contributed by atoms with Crippen LogP contribution < -0.4 is 11.3 Å². The maximum Gasteiger partial charge on any atom is 0.235 e. The number of carbonyl (C=O) groups excluding carboxylic acids is 3. The number of hydrazine groups is 1. The minimum Gasteiger partial charge on any atom is -0.294 e. The number of rotatable bonds is 3. The van der Waals surface area contributed by atoms with Gasteiger partial charge in [-0.1, -0.05) is 20.8 Å². The monoisotopic (exact) mass is 241 g/mol. The van der Waals surface area contributed by atoms with E-state index in [-0.39, 0.29) is 48.4 Å². The fourth-order valence-corrected chi connectivity index (χ4v) is 1.88. The van der Waals surface area contributed by atoms with Crippen LogP contribution in [0.4, 0.5) is 0 Å². The van der Waals surface area contributed by atoms with Crippen LogP contribution in [0.5, 0.6) is 0 Å². The van der Waals surface area contributed by atoms with Crippen molar-refractivity contribution >= 4 is 17.7 Å². The van der Waals surface area contributed by atoms with Gasteiger partial charge in [-0.3, -0.25) is 24.7 Å². The molecule has 6 nitrogen and oxygen atoms in total. The molecule has 3 amide bonds. The summed E-state index contributed by atoms with van der Waals surface area (Å²) in [6.45, 7) is 5.89. The summed E-state index contributed by atoms with van der Waals surface area (Å²) in [6, 6.07) is 0. The lowest BCUT2D eigenvalue weighted by Gasteiger charge is -2.24. The lowest BCUT2D eigenvalue weighted by molar-refractivity contribution is -0.140. The van der Waals surface area contributed by atoms with Crippen molar-refractivity contribution in [3.63, 3.8) is 0 Å². The summed E-state index contributed by atoms with van der Waals surface area (Å²) < 4.78 is 0. The summed E-state index contributed by atoms with van der Waals surface area (Å²) in [5.41, 5.74) is 1.73. The van der Waals surface area contributed by atoms with E-state index in [1.807, 2.05) is 26.2 Å². The minimum absolute atomic E-state index is 0.0465. The molecular formula is C11H19N3O3. The Morgan fingerprint density at radius 2 is 2.06 bits per heavy atom. The number of nitrogens with two attached hydrogens (primary N) is 1. The first-order chi connectivity index (χ1) is 7.77. The van der Waals surface area contributed by atoms with Crippen molar-refractivity contribution in [2.45, 2.75) is 33.6 Å². The average Bonchev–Trinajstić information content (AvgIpc) is 2.51. The number of nitrogens with one attached hydrogen (secondary N) is 1. The van der Waals surface area contributed by atoms with Crippen LogP contribution in [-0.2, 0) is 14.4 Å². The number of nitrogens with zero attached hydrogens (tertiary/aromatic N) is 1. The Balaban J connectivity index is 2.67. The van der Waals surface area contributed by atoms with Crippen molar-refractivity contribution in [2.24, 2.45) is 17.2 Å². The first-order valence-corrected chi connectivity index (χ1v) is 5.61. The number of amides is 3. The molecule has 1 atom stereocenters. The molecule has 17 heavy (non-hydrogen) atoms. The third kappa shape index (κ3) is 3.03. The Kier molecular flexibility index (Phi) is 3.87. The lowest BCUT2D eigenvalue weighted by atomic mass is 9.80. The van der Waals surface area contributed by atoms with E-state index in [2.05, 4.69) is 0 Å². The topological polar surface area (TPSA) is 92.5 Å². The largest absolute Gasteiger partial charge is 0.294 e. The van der Waals surface area contributed by atoms with Crippen LogP contribution in [-0.4, -0.2) is 29.2 Å². The third-order valence-electron chi connectivity index (χ3n) is 3.01. The average molecular weight is 241 g/mol. The van der Waals surface area contributed by atoms with E-state index in [1.165, 1.54) is 0 Å². The van der Waals surface area contributed by atoms with E-state index >= 15 is 0 Å². The highest BCUT2D eigenvalue weighted by Gasteiger charge is 2.44. The highest BCUT2D eigenvalue weighted by atomic mass is 16.2. The van der Waals surface area contributed by atoms with E-state index in [0.29, 0.717) is 0 Å². The predicted octanol–water partition coefficient (Wildman–Crippen LogP) is -0.212. The van der Waals surface area contributed by atoms with Gasteiger partial charge in [-0.05, 0) is 5.41 Å². The maximum atomic E-state index is 12.0. The van der Waals surface area contributed by atoms with Crippen LogP contribution in [0.15, 0.2) is 0 Å². The molecule has 0 aromatic rings. The van der Waals surface area contributed by atoms with E-state index < -0.39 is 0 Å². The standard InChI is InChI=1S/C11H19N3O3/c1-11(2,3)7-6-9(16)14(10(7)17)5-4-8(15)13-12/h7H,4-6,12H2,1-3H3,(H,13,15). The van der Waals surface area contributed by atoms with Crippen molar-refractivity contribution in [1.29, 1.82) is 0 Å². The van der Waals surface area contributed by atoms with Crippen LogP contribution in [0, 0.1) is 11.3 Å². The predicted molar refractivity (Wildman–Crippen MR) is 61.2 cm³/mol. The fraction of sp³-hybridized carbons (Fsp3) is 0.727. The quantitative estimate of drug-likeness (QED) is 0.309. The van der Waals surface area contributed by atoms with Gasteiger partial charge in [0.05, 0.1) is 5.92 Å². The van der Waals surface area contributed by atoms with E-state index in [0.717, 1.165) is 4.90 Å². The molecule has 1 saturated heterocycles. The lowest BCUT2D eigenvalue weighted by Crippen LogP contribution is -2.38. The van der Waals surface area contributed by atoms with Crippen LogP contribution >= 0.6 is 0 Å². The molecule has 6 heteroatoms. The number of imide groups is 1. The summed E-state index contributed by atoms with van der Waals surface area (Å²) in [5.74, 6) is 3.86. The molecule has 0 spiro atoms. The molecule has 0 aromatic carbocycles. The highest BCUT2D eigenvalue weighted by molar-refractivity contribution is 6.04. The van der Waals surface area contributed by atoms with Crippen molar-refractivity contribution < 1.29 is 14.4 Å². The highest BCUT2D eigenvalue weighted by Crippen LogP contribution is 2.35. The van der Waals surface area contributed by atoms with Gasteiger partial charge in [-0.15, -0.1) is 0 Å². The van der Waals surface area contributed by atoms with E-state index in [4.69, 9.17) is 5.84 Å². The summed E-state index contributed by atoms with van der Waals surface area (Å²) >= 11 is 0. The Morgan fingerprint density at radius 1 is 1.47 bits per heavy atom. The normalized spacial score (nSPS) is 20.9. The Morgan fingerprint density at radius 3 is 2.47 bits per heavy atom. The van der Waals surface area contributed by atoms with Gasteiger partial charge in [-0.25, -0.2) is 5.84 Å². The van der Waals surface area contributed by atoms with Crippen molar-refractivity contribution in [3.05, 3.63) is 0 Å². The number of carbonyl (C=O) groups is 3. The van der Waals surface area contributed by atoms with Gasteiger partial charge < -0.3 is 0 Å².